The van der Waals surface area contributed by atoms with Gasteiger partial charge in [-0.2, -0.15) is 4.72 Å². The normalized spacial score (nSPS) is 12.9. The fraction of sp³-hybridized carbons (Fsp3) is 0.130. The molecule has 33 heavy (non-hydrogen) atoms. The van der Waals surface area contributed by atoms with Crippen molar-refractivity contribution in [3.05, 3.63) is 88.4 Å². The monoisotopic (exact) mass is 500 g/mol. The van der Waals surface area contributed by atoms with Gasteiger partial charge in [0, 0.05) is 29.1 Å². The molecule has 2 aromatic carbocycles. The summed E-state index contributed by atoms with van der Waals surface area (Å²) >= 11 is 0.942. The molecule has 7 nitrogen and oxygen atoms in total. The third-order valence-electron chi connectivity index (χ3n) is 5.01. The van der Waals surface area contributed by atoms with Gasteiger partial charge in [-0.3, -0.25) is 4.57 Å². The van der Waals surface area contributed by atoms with Gasteiger partial charge in [0.05, 0.1) is 4.88 Å². The summed E-state index contributed by atoms with van der Waals surface area (Å²) in [6, 6.07) is 17.9. The zero-order chi connectivity index (χ0) is 23.6. The van der Waals surface area contributed by atoms with E-state index in [-0.39, 0.29) is 10.6 Å². The zero-order valence-corrected chi connectivity index (χ0v) is 20.0. The summed E-state index contributed by atoms with van der Waals surface area (Å²) in [4.78, 5) is 23.3. The van der Waals surface area contributed by atoms with Gasteiger partial charge in [0.1, 0.15) is 9.99 Å². The number of rotatable bonds is 6. The molecule has 0 aliphatic carbocycles. The molecule has 0 fully saturated rings. The van der Waals surface area contributed by atoms with E-state index in [1.807, 2.05) is 49.4 Å². The topological polar surface area (TPSA) is 119 Å². The van der Waals surface area contributed by atoms with E-state index in [2.05, 4.69) is 21.5 Å². The van der Waals surface area contributed by atoms with E-state index >= 15 is 0 Å². The summed E-state index contributed by atoms with van der Waals surface area (Å²) < 4.78 is 40.1. The summed E-state index contributed by atoms with van der Waals surface area (Å²) in [5, 5.41) is 0.778. The highest BCUT2D eigenvalue weighted by Gasteiger charge is 2.34. The quantitative estimate of drug-likeness (QED) is 0.236. The number of H-pyrrole nitrogens is 1. The molecule has 4 aromatic rings. The first kappa shape index (κ1) is 23.5. The molecule has 4 rings (SSSR count). The van der Waals surface area contributed by atoms with Crippen molar-refractivity contribution in [1.29, 1.82) is 0 Å². The first-order chi connectivity index (χ1) is 15.6. The van der Waals surface area contributed by atoms with E-state index < -0.39 is 23.4 Å². The third kappa shape index (κ3) is 5.63. The van der Waals surface area contributed by atoms with Crippen molar-refractivity contribution in [3.8, 4) is 11.8 Å². The molecule has 0 unspecified atom stereocenters. The average Bonchev–Trinajstić information content (AvgIpc) is 3.40. The first-order valence-electron chi connectivity index (χ1n) is 9.93. The van der Waals surface area contributed by atoms with E-state index in [1.54, 1.807) is 18.3 Å². The number of para-hydroxylation sites is 1. The highest BCUT2D eigenvalue weighted by molar-refractivity contribution is 7.92. The molecule has 170 valence electrons. The minimum absolute atomic E-state index is 0.0620. The smallest absolute Gasteiger partial charge is 0.343 e. The number of thiophene rings is 1. The molecule has 0 aliphatic heterocycles. The van der Waals surface area contributed by atoms with Gasteiger partial charge in [-0.15, -0.1) is 11.3 Å². The lowest BCUT2D eigenvalue weighted by atomic mass is 10.1. The van der Waals surface area contributed by atoms with Gasteiger partial charge in [-0.25, -0.2) is 8.42 Å². The summed E-state index contributed by atoms with van der Waals surface area (Å²) in [6.45, 7) is 1.98. The zero-order valence-electron chi connectivity index (χ0n) is 17.5. The van der Waals surface area contributed by atoms with E-state index in [9.17, 15) is 22.8 Å². The maximum absolute atomic E-state index is 12.9. The van der Waals surface area contributed by atoms with Crippen molar-refractivity contribution >= 4 is 39.9 Å². The molecule has 0 saturated carbocycles. The predicted molar refractivity (Wildman–Crippen MR) is 130 cm³/mol. The number of aromatic nitrogens is 1. The van der Waals surface area contributed by atoms with Crippen molar-refractivity contribution in [2.45, 2.75) is 23.3 Å². The Labute approximate surface area is 195 Å². The van der Waals surface area contributed by atoms with Gasteiger partial charge in [-0.1, -0.05) is 47.7 Å². The van der Waals surface area contributed by atoms with Gasteiger partial charge >= 0.3 is 7.60 Å². The molecule has 0 aliphatic rings. The summed E-state index contributed by atoms with van der Waals surface area (Å²) in [5.74, 6) is 4.31. The van der Waals surface area contributed by atoms with Crippen LogP contribution in [0, 0.1) is 18.8 Å². The molecule has 2 heterocycles. The van der Waals surface area contributed by atoms with Crippen molar-refractivity contribution < 1.29 is 22.8 Å². The molecular formula is C23H21N2O5PS2. The third-order valence-corrected chi connectivity index (χ3v) is 9.28. The van der Waals surface area contributed by atoms with Crippen LogP contribution in [-0.4, -0.2) is 29.0 Å². The molecule has 0 radical (unpaired) electrons. The minimum Gasteiger partial charge on any atom is -0.361 e. The highest BCUT2D eigenvalue weighted by Crippen LogP contribution is 2.43. The van der Waals surface area contributed by atoms with Crippen LogP contribution in [-0.2, 0) is 21.0 Å². The number of hydrogen-bond acceptors (Lipinski definition) is 4. The van der Waals surface area contributed by atoms with Gasteiger partial charge in [0.15, 0.2) is 0 Å². The van der Waals surface area contributed by atoms with Crippen LogP contribution in [0.1, 0.15) is 21.6 Å². The average molecular weight is 501 g/mol. The SMILES string of the molecule is Cc1ccc(C#Cc2ccc(S(=O)(=O)N[C@@H](Cc3c[nH]c4ccccc34)P(=O)(O)O)s2)cc1. The maximum Gasteiger partial charge on any atom is 0.343 e. The van der Waals surface area contributed by atoms with Gasteiger partial charge in [0.2, 0.25) is 0 Å². The highest BCUT2D eigenvalue weighted by atomic mass is 32.2. The number of aryl methyl sites for hydroxylation is 1. The molecule has 0 bridgehead atoms. The lowest BCUT2D eigenvalue weighted by Gasteiger charge is -2.19. The van der Waals surface area contributed by atoms with Crippen LogP contribution in [0.25, 0.3) is 10.9 Å². The van der Waals surface area contributed by atoms with E-state index in [4.69, 9.17) is 0 Å². The van der Waals surface area contributed by atoms with Crippen LogP contribution in [0.3, 0.4) is 0 Å². The predicted octanol–water partition coefficient (Wildman–Crippen LogP) is 3.96. The van der Waals surface area contributed by atoms with Crippen molar-refractivity contribution in [3.63, 3.8) is 0 Å². The second-order valence-corrected chi connectivity index (χ2v) is 12.4. The van der Waals surface area contributed by atoms with Gasteiger partial charge < -0.3 is 14.8 Å². The molecule has 4 N–H and O–H groups in total. The summed E-state index contributed by atoms with van der Waals surface area (Å²) in [5.41, 5.74) is 3.33. The van der Waals surface area contributed by atoms with Crippen LogP contribution in [0.5, 0.6) is 0 Å². The number of aromatic amines is 1. The molecular weight excluding hydrogens is 479 g/mol. The van der Waals surface area contributed by atoms with Crippen molar-refractivity contribution in [2.75, 3.05) is 0 Å². The van der Waals surface area contributed by atoms with E-state index in [1.165, 1.54) is 6.07 Å². The number of benzene rings is 2. The van der Waals surface area contributed by atoms with Crippen LogP contribution in [0.2, 0.25) is 0 Å². The molecule has 1 atom stereocenters. The fourth-order valence-electron chi connectivity index (χ4n) is 3.28. The molecule has 0 spiro atoms. The Kier molecular flexibility index (Phi) is 6.59. The summed E-state index contributed by atoms with van der Waals surface area (Å²) in [7, 11) is -8.96. The Morgan fingerprint density at radius 3 is 2.52 bits per heavy atom. The van der Waals surface area contributed by atoms with Crippen molar-refractivity contribution in [2.24, 2.45) is 0 Å². The number of nitrogens with one attached hydrogen (secondary N) is 2. The molecule has 10 heteroatoms. The van der Waals surface area contributed by atoms with Crippen LogP contribution < -0.4 is 4.72 Å². The fourth-order valence-corrected chi connectivity index (χ4v) is 6.93. The Hall–Kier alpha value is -2.70. The second kappa shape index (κ2) is 9.27. The Morgan fingerprint density at radius 1 is 1.06 bits per heavy atom. The molecule has 2 aromatic heterocycles. The first-order valence-corrected chi connectivity index (χ1v) is 13.9. The Morgan fingerprint density at radius 2 is 1.79 bits per heavy atom. The number of hydrogen-bond donors (Lipinski definition) is 4. The van der Waals surface area contributed by atoms with E-state index in [0.29, 0.717) is 10.4 Å². The standard InChI is InChI=1S/C23H21N2O5PS2/c1-16-6-8-17(9-7-16)10-11-19-12-13-23(32-19)33(29,30)25-22(31(26,27)28)14-18-15-24-21-5-3-2-4-20(18)21/h2-9,12-13,15,22,24-25H,14H2,1H3,(H2,26,27,28)/t22-/m1/s1. The van der Waals surface area contributed by atoms with E-state index in [0.717, 1.165) is 33.4 Å². The Bertz CT molecular complexity index is 1510. The van der Waals surface area contributed by atoms with Crippen molar-refractivity contribution in [1.82, 2.24) is 9.71 Å². The largest absolute Gasteiger partial charge is 0.361 e. The van der Waals surface area contributed by atoms with Crippen LogP contribution in [0.4, 0.5) is 0 Å². The lowest BCUT2D eigenvalue weighted by Crippen LogP contribution is -2.36. The second-order valence-electron chi connectivity index (χ2n) is 7.52. The lowest BCUT2D eigenvalue weighted by molar-refractivity contribution is 0.353. The maximum atomic E-state index is 12.9. The minimum atomic E-state index is -4.79. The number of fused-ring (bicyclic) bond motifs is 1. The summed E-state index contributed by atoms with van der Waals surface area (Å²) in [6.07, 6.45) is 1.46. The van der Waals surface area contributed by atoms with Gasteiger partial charge in [0.25, 0.3) is 10.0 Å². The van der Waals surface area contributed by atoms with Crippen LogP contribution >= 0.6 is 18.9 Å². The van der Waals surface area contributed by atoms with Crippen LogP contribution in [0.15, 0.2) is 71.1 Å². The van der Waals surface area contributed by atoms with Gasteiger partial charge in [-0.05, 0) is 42.8 Å². The Balaban J connectivity index is 1.56. The number of sulfonamides is 1. The molecule has 0 amide bonds. The molecule has 0 saturated heterocycles.